The van der Waals surface area contributed by atoms with E-state index >= 15 is 0 Å². The summed E-state index contributed by atoms with van der Waals surface area (Å²) in [6, 6.07) is 8.23. The molecule has 1 aromatic rings. The Hall–Kier alpha value is -0.866. The Morgan fingerprint density at radius 1 is 0.968 bits per heavy atom. The number of hydrogen-bond acceptors (Lipinski definition) is 5. The predicted molar refractivity (Wildman–Crippen MR) is 130 cm³/mol. The van der Waals surface area contributed by atoms with Crippen LogP contribution in [-0.2, 0) is 20.2 Å². The smallest absolute Gasteiger partial charge is 0.173 e. The molecule has 2 aliphatic rings. The lowest BCUT2D eigenvalue weighted by molar-refractivity contribution is 0.119. The van der Waals surface area contributed by atoms with Crippen LogP contribution in [0.4, 0.5) is 0 Å². The quantitative estimate of drug-likeness (QED) is 0.203. The van der Waals surface area contributed by atoms with Gasteiger partial charge >= 0.3 is 0 Å². The van der Waals surface area contributed by atoms with Gasteiger partial charge in [0, 0.05) is 12.2 Å². The molecule has 0 aromatic heterocycles. The van der Waals surface area contributed by atoms with Crippen molar-refractivity contribution in [2.24, 2.45) is 5.92 Å². The van der Waals surface area contributed by atoms with Crippen molar-refractivity contribution in [2.75, 3.05) is 20.8 Å². The summed E-state index contributed by atoms with van der Waals surface area (Å²) in [5.74, 6) is 2.52. The average molecular weight is 467 g/mol. The molecule has 1 saturated carbocycles. The summed E-state index contributed by atoms with van der Waals surface area (Å²) in [6.07, 6.45) is 7.47. The third-order valence-corrected chi connectivity index (χ3v) is 14.1. The van der Waals surface area contributed by atoms with Gasteiger partial charge in [0.2, 0.25) is 0 Å². The van der Waals surface area contributed by atoms with Crippen LogP contribution in [0.1, 0.15) is 37.7 Å². The topological polar surface area (TPSA) is 49.5 Å². The van der Waals surface area contributed by atoms with Crippen molar-refractivity contribution in [3.8, 4) is 11.5 Å². The van der Waals surface area contributed by atoms with E-state index in [1.807, 2.05) is 18.2 Å². The van der Waals surface area contributed by atoms with Crippen LogP contribution in [-0.4, -0.2) is 49.7 Å². The van der Waals surface area contributed by atoms with E-state index in [-0.39, 0.29) is 0 Å². The lowest BCUT2D eigenvalue weighted by Gasteiger charge is -2.35. The van der Waals surface area contributed by atoms with Gasteiger partial charge in [-0.15, -0.1) is 0 Å². The summed E-state index contributed by atoms with van der Waals surface area (Å²) in [5.41, 5.74) is 1.02. The van der Waals surface area contributed by atoms with Crippen molar-refractivity contribution >= 4 is 16.6 Å². The van der Waals surface area contributed by atoms with E-state index in [0.717, 1.165) is 42.1 Å². The number of benzene rings is 1. The van der Waals surface area contributed by atoms with E-state index in [1.54, 1.807) is 14.2 Å². The van der Waals surface area contributed by atoms with Gasteiger partial charge in [-0.2, -0.15) is 0 Å². The Morgan fingerprint density at radius 3 is 2.45 bits per heavy atom. The van der Waals surface area contributed by atoms with E-state index in [0.29, 0.717) is 18.8 Å². The molecule has 7 heteroatoms. The van der Waals surface area contributed by atoms with Crippen LogP contribution in [0.3, 0.4) is 0 Å². The molecule has 3 unspecified atom stereocenters. The van der Waals surface area contributed by atoms with Crippen LogP contribution in [0.5, 0.6) is 11.5 Å². The second kappa shape index (κ2) is 10.8. The van der Waals surface area contributed by atoms with E-state index in [1.165, 1.54) is 31.7 Å². The molecule has 3 atom stereocenters. The van der Waals surface area contributed by atoms with Crippen LogP contribution >= 0.6 is 0 Å². The normalized spacial score (nSPS) is 23.4. The van der Waals surface area contributed by atoms with Gasteiger partial charge in [0.15, 0.2) is 16.6 Å². The summed E-state index contributed by atoms with van der Waals surface area (Å²) in [4.78, 5) is 0. The highest BCUT2D eigenvalue weighted by atomic mass is 28.4. The monoisotopic (exact) mass is 466 g/mol. The first kappa shape index (κ1) is 24.8. The number of methoxy groups -OCH3 is 2. The van der Waals surface area contributed by atoms with Crippen molar-refractivity contribution in [1.29, 1.82) is 0 Å². The van der Waals surface area contributed by atoms with Gasteiger partial charge in [0.1, 0.15) is 11.5 Å². The van der Waals surface area contributed by atoms with Gasteiger partial charge in [0.05, 0.1) is 33.0 Å². The van der Waals surface area contributed by atoms with Crippen LogP contribution in [0.15, 0.2) is 18.2 Å². The average Bonchev–Trinajstić information content (AvgIpc) is 3.50. The van der Waals surface area contributed by atoms with Gasteiger partial charge in [0.25, 0.3) is 0 Å². The second-order valence-corrected chi connectivity index (χ2v) is 19.2. The minimum absolute atomic E-state index is 0.538. The molecule has 1 heterocycles. The van der Waals surface area contributed by atoms with Crippen molar-refractivity contribution in [3.63, 3.8) is 0 Å². The minimum Gasteiger partial charge on any atom is -0.497 e. The predicted octanol–water partition coefficient (Wildman–Crippen LogP) is 5.99. The Balaban J connectivity index is 1.35. The molecule has 0 bridgehead atoms. The van der Waals surface area contributed by atoms with E-state index in [4.69, 9.17) is 23.1 Å². The molecule has 31 heavy (non-hydrogen) atoms. The van der Waals surface area contributed by atoms with Crippen molar-refractivity contribution in [2.45, 2.75) is 89.2 Å². The van der Waals surface area contributed by atoms with Crippen molar-refractivity contribution in [3.05, 3.63) is 23.8 Å². The zero-order valence-corrected chi connectivity index (χ0v) is 22.4. The van der Waals surface area contributed by atoms with Crippen LogP contribution in [0.2, 0.25) is 38.3 Å². The zero-order chi connectivity index (χ0) is 22.5. The molecular weight excluding hydrogens is 424 g/mol. The summed E-state index contributed by atoms with van der Waals surface area (Å²) < 4.78 is 29.2. The number of epoxide rings is 1. The number of hydrogen-bond donors (Lipinski definition) is 0. The van der Waals surface area contributed by atoms with Gasteiger partial charge in [-0.05, 0) is 88.1 Å². The molecule has 0 amide bonds. The molecule has 5 nitrogen and oxygen atoms in total. The molecule has 3 rings (SSSR count). The van der Waals surface area contributed by atoms with Crippen molar-refractivity contribution < 1.29 is 23.1 Å². The number of ether oxygens (including phenoxy) is 4. The van der Waals surface area contributed by atoms with Crippen LogP contribution in [0.25, 0.3) is 0 Å². The van der Waals surface area contributed by atoms with Crippen LogP contribution < -0.4 is 9.47 Å². The fourth-order valence-corrected chi connectivity index (χ4v) is 13.8. The van der Waals surface area contributed by atoms with E-state index in [9.17, 15) is 0 Å². The Morgan fingerprint density at radius 2 is 1.74 bits per heavy atom. The molecular formula is C24H42O5Si2. The summed E-state index contributed by atoms with van der Waals surface area (Å²) in [7, 11) is 0.0584. The van der Waals surface area contributed by atoms with E-state index in [2.05, 4.69) is 26.2 Å². The third kappa shape index (κ3) is 7.89. The maximum Gasteiger partial charge on any atom is 0.173 e. The van der Waals surface area contributed by atoms with Crippen molar-refractivity contribution in [1.82, 2.24) is 0 Å². The molecule has 1 aromatic carbocycles. The maximum atomic E-state index is 6.84. The number of fused-ring (bicyclic) bond motifs is 1. The SMILES string of the molecule is COc1ccc(OC)c(COCCC[Si](C)(C)O[Si](C)(C)CCC2CCC3OC3C2)c1. The van der Waals surface area contributed by atoms with E-state index < -0.39 is 16.6 Å². The van der Waals surface area contributed by atoms with Gasteiger partial charge in [-0.25, -0.2) is 0 Å². The maximum absolute atomic E-state index is 6.84. The first-order valence-corrected chi connectivity index (χ1v) is 18.1. The first-order chi connectivity index (χ1) is 14.7. The standard InChI is InChI=1S/C24H42O5Si2/c1-25-21-9-11-22(26-2)20(17-21)18-27-13-7-14-30(3,4)29-31(5,6)15-12-19-8-10-23-24(16-19)28-23/h9,11,17,19,23-24H,7-8,10,12-16,18H2,1-6H3. The summed E-state index contributed by atoms with van der Waals surface area (Å²) >= 11 is 0. The lowest BCUT2D eigenvalue weighted by Crippen LogP contribution is -2.44. The largest absolute Gasteiger partial charge is 0.497 e. The molecule has 0 N–H and O–H groups in total. The third-order valence-electron chi connectivity index (χ3n) is 6.63. The summed E-state index contributed by atoms with van der Waals surface area (Å²) in [5, 5.41) is 0. The fourth-order valence-electron chi connectivity index (χ4n) is 4.93. The Kier molecular flexibility index (Phi) is 8.66. The number of rotatable bonds is 13. The minimum atomic E-state index is -1.68. The molecule has 2 fully saturated rings. The first-order valence-electron chi connectivity index (χ1n) is 11.9. The van der Waals surface area contributed by atoms with Gasteiger partial charge in [-0.3, -0.25) is 0 Å². The molecule has 1 saturated heterocycles. The molecule has 0 radical (unpaired) electrons. The molecule has 1 aliphatic heterocycles. The Bertz CT molecular complexity index is 709. The Labute approximate surface area is 191 Å². The van der Waals surface area contributed by atoms with Gasteiger partial charge in [-0.1, -0.05) is 6.42 Å². The molecule has 1 aliphatic carbocycles. The lowest BCUT2D eigenvalue weighted by atomic mass is 9.88. The molecule has 176 valence electrons. The van der Waals surface area contributed by atoms with Gasteiger partial charge < -0.3 is 23.1 Å². The van der Waals surface area contributed by atoms with Crippen LogP contribution in [0, 0.1) is 5.92 Å². The fraction of sp³-hybridized carbons (Fsp3) is 0.750. The zero-order valence-electron chi connectivity index (χ0n) is 20.4. The second-order valence-electron chi connectivity index (χ2n) is 10.4. The highest BCUT2D eigenvalue weighted by molar-refractivity contribution is 6.84. The highest BCUT2D eigenvalue weighted by Crippen LogP contribution is 2.41. The summed E-state index contributed by atoms with van der Waals surface area (Å²) in [6.45, 7) is 10.8. The highest BCUT2D eigenvalue weighted by Gasteiger charge is 2.44. The molecule has 0 spiro atoms.